The molecule has 0 aliphatic rings. The zero-order chi connectivity index (χ0) is 20.1. The number of rotatable bonds is 1. The van der Waals surface area contributed by atoms with E-state index in [-0.39, 0.29) is 10.8 Å². The van der Waals surface area contributed by atoms with Crippen LogP contribution in [0.5, 0.6) is 0 Å². The molecule has 2 aromatic carbocycles. The molecule has 2 aromatic heterocycles. The van der Waals surface area contributed by atoms with Crippen LogP contribution in [0.1, 0.15) is 52.7 Å². The molecular weight excluding hydrogens is 340 g/mol. The van der Waals surface area contributed by atoms with E-state index in [4.69, 9.17) is 0 Å². The van der Waals surface area contributed by atoms with E-state index in [1.807, 2.05) is 24.8 Å². The number of hydrogen-bond acceptors (Lipinski definition) is 2. The fourth-order valence-electron chi connectivity index (χ4n) is 3.71. The Labute approximate surface area is 167 Å². The van der Waals surface area contributed by atoms with Gasteiger partial charge in [-0.25, -0.2) is 0 Å². The Balaban J connectivity index is 2.04. The van der Waals surface area contributed by atoms with Gasteiger partial charge in [0.05, 0.1) is 0 Å². The second-order valence-corrected chi connectivity index (χ2v) is 9.74. The molecule has 0 saturated carbocycles. The average Bonchev–Trinajstić information content (AvgIpc) is 2.65. The molecule has 0 aliphatic heterocycles. The van der Waals surface area contributed by atoms with E-state index in [0.29, 0.717) is 0 Å². The first-order valence-electron chi connectivity index (χ1n) is 9.91. The number of pyridine rings is 2. The summed E-state index contributed by atoms with van der Waals surface area (Å²) in [6.07, 6.45) is 7.81. The zero-order valence-electron chi connectivity index (χ0n) is 17.7. The van der Waals surface area contributed by atoms with Gasteiger partial charge in [0.2, 0.25) is 0 Å². The van der Waals surface area contributed by atoms with Crippen LogP contribution in [-0.2, 0) is 10.8 Å². The molecule has 0 N–H and O–H groups in total. The number of aromatic nitrogens is 2. The normalized spacial score (nSPS) is 12.6. The van der Waals surface area contributed by atoms with Gasteiger partial charge in [-0.05, 0) is 56.5 Å². The molecule has 0 aliphatic carbocycles. The topological polar surface area (TPSA) is 25.8 Å². The van der Waals surface area contributed by atoms with Crippen LogP contribution in [0.15, 0.2) is 61.2 Å². The van der Waals surface area contributed by atoms with E-state index in [9.17, 15) is 0 Å². The first kappa shape index (κ1) is 18.6. The van der Waals surface area contributed by atoms with Crippen LogP contribution in [0, 0.1) is 0 Å². The maximum atomic E-state index is 4.59. The molecule has 2 heterocycles. The summed E-state index contributed by atoms with van der Waals surface area (Å²) in [7, 11) is 0. The quantitative estimate of drug-likeness (QED) is 0.360. The molecule has 4 rings (SSSR count). The van der Waals surface area contributed by atoms with Gasteiger partial charge < -0.3 is 0 Å². The Morgan fingerprint density at radius 1 is 0.571 bits per heavy atom. The van der Waals surface area contributed by atoms with Gasteiger partial charge in [0.15, 0.2) is 0 Å². The van der Waals surface area contributed by atoms with Crippen LogP contribution in [-0.4, -0.2) is 9.97 Å². The molecule has 0 amide bonds. The van der Waals surface area contributed by atoms with Crippen molar-refractivity contribution >= 4 is 21.5 Å². The molecule has 2 nitrogen and oxygen atoms in total. The lowest BCUT2D eigenvalue weighted by Crippen LogP contribution is -2.11. The van der Waals surface area contributed by atoms with Crippen molar-refractivity contribution in [1.29, 1.82) is 0 Å². The highest BCUT2D eigenvalue weighted by Crippen LogP contribution is 2.37. The van der Waals surface area contributed by atoms with Crippen LogP contribution >= 0.6 is 0 Å². The molecule has 0 saturated heterocycles. The third-order valence-electron chi connectivity index (χ3n) is 5.54. The van der Waals surface area contributed by atoms with Crippen molar-refractivity contribution in [3.63, 3.8) is 0 Å². The Bertz CT molecular complexity index is 1170. The van der Waals surface area contributed by atoms with Crippen molar-refractivity contribution in [3.05, 3.63) is 72.3 Å². The van der Waals surface area contributed by atoms with Crippen molar-refractivity contribution < 1.29 is 0 Å². The SMILES string of the molecule is CC(C)(C)c1ccc2c(-c3cc(C(C)(C)C)cc4ccncc34)cncc2c1. The van der Waals surface area contributed by atoms with E-state index in [1.165, 1.54) is 43.8 Å². The Kier molecular flexibility index (Phi) is 4.26. The summed E-state index contributed by atoms with van der Waals surface area (Å²) in [4.78, 5) is 8.99. The van der Waals surface area contributed by atoms with E-state index in [1.54, 1.807) is 0 Å². The minimum Gasteiger partial charge on any atom is -0.264 e. The van der Waals surface area contributed by atoms with Crippen molar-refractivity contribution in [2.45, 2.75) is 52.4 Å². The number of hydrogen-bond donors (Lipinski definition) is 0. The molecular formula is C26H28N2. The van der Waals surface area contributed by atoms with Crippen LogP contribution in [0.2, 0.25) is 0 Å². The largest absolute Gasteiger partial charge is 0.264 e. The Hall–Kier alpha value is -2.74. The third kappa shape index (κ3) is 3.28. The van der Waals surface area contributed by atoms with Crippen molar-refractivity contribution in [2.24, 2.45) is 0 Å². The van der Waals surface area contributed by atoms with Gasteiger partial charge >= 0.3 is 0 Å². The Morgan fingerprint density at radius 2 is 1.29 bits per heavy atom. The summed E-state index contributed by atoms with van der Waals surface area (Å²) in [6, 6.07) is 13.5. The van der Waals surface area contributed by atoms with E-state index in [2.05, 4.69) is 87.9 Å². The second kappa shape index (κ2) is 6.41. The molecule has 0 bridgehead atoms. The summed E-state index contributed by atoms with van der Waals surface area (Å²) in [6.45, 7) is 13.5. The maximum absolute atomic E-state index is 4.59. The predicted molar refractivity (Wildman–Crippen MR) is 120 cm³/mol. The van der Waals surface area contributed by atoms with Gasteiger partial charge in [0, 0.05) is 41.1 Å². The predicted octanol–water partition coefficient (Wildman–Crippen LogP) is 7.05. The van der Waals surface area contributed by atoms with Gasteiger partial charge in [-0.2, -0.15) is 0 Å². The van der Waals surface area contributed by atoms with E-state index >= 15 is 0 Å². The van der Waals surface area contributed by atoms with E-state index in [0.717, 1.165) is 0 Å². The van der Waals surface area contributed by atoms with Gasteiger partial charge in [0.25, 0.3) is 0 Å². The highest BCUT2D eigenvalue weighted by Gasteiger charge is 2.19. The van der Waals surface area contributed by atoms with Crippen LogP contribution in [0.25, 0.3) is 32.7 Å². The third-order valence-corrected chi connectivity index (χ3v) is 5.54. The molecule has 28 heavy (non-hydrogen) atoms. The first-order valence-corrected chi connectivity index (χ1v) is 9.91. The summed E-state index contributed by atoms with van der Waals surface area (Å²) in [5.41, 5.74) is 5.22. The highest BCUT2D eigenvalue weighted by atomic mass is 14.6. The first-order chi connectivity index (χ1) is 13.1. The van der Waals surface area contributed by atoms with Gasteiger partial charge in [-0.15, -0.1) is 0 Å². The molecule has 4 aromatic rings. The van der Waals surface area contributed by atoms with E-state index < -0.39 is 0 Å². The van der Waals surface area contributed by atoms with Crippen LogP contribution in [0.4, 0.5) is 0 Å². The van der Waals surface area contributed by atoms with Crippen molar-refractivity contribution in [1.82, 2.24) is 9.97 Å². The van der Waals surface area contributed by atoms with Crippen molar-refractivity contribution in [3.8, 4) is 11.1 Å². The summed E-state index contributed by atoms with van der Waals surface area (Å²) in [5.74, 6) is 0. The molecule has 0 atom stereocenters. The van der Waals surface area contributed by atoms with Gasteiger partial charge in [-0.3, -0.25) is 9.97 Å². The number of nitrogens with zero attached hydrogens (tertiary/aromatic N) is 2. The molecule has 0 spiro atoms. The molecule has 0 fully saturated rings. The average molecular weight is 369 g/mol. The fraction of sp³-hybridized carbons (Fsp3) is 0.308. The second-order valence-electron chi connectivity index (χ2n) is 9.74. The number of fused-ring (bicyclic) bond motifs is 2. The lowest BCUT2D eigenvalue weighted by Gasteiger charge is -2.22. The summed E-state index contributed by atoms with van der Waals surface area (Å²) >= 11 is 0. The summed E-state index contributed by atoms with van der Waals surface area (Å²) in [5, 5.41) is 4.81. The van der Waals surface area contributed by atoms with Gasteiger partial charge in [0.1, 0.15) is 0 Å². The smallest absolute Gasteiger partial charge is 0.0353 e. The molecule has 0 radical (unpaired) electrons. The maximum Gasteiger partial charge on any atom is 0.0353 e. The van der Waals surface area contributed by atoms with Crippen molar-refractivity contribution in [2.75, 3.05) is 0 Å². The van der Waals surface area contributed by atoms with Crippen LogP contribution < -0.4 is 0 Å². The Morgan fingerprint density at radius 3 is 2.00 bits per heavy atom. The zero-order valence-corrected chi connectivity index (χ0v) is 17.7. The molecule has 2 heteroatoms. The minimum atomic E-state index is 0.0730. The van der Waals surface area contributed by atoms with Gasteiger partial charge in [-0.1, -0.05) is 59.7 Å². The highest BCUT2D eigenvalue weighted by molar-refractivity contribution is 6.05. The molecule has 142 valence electrons. The lowest BCUT2D eigenvalue weighted by molar-refractivity contribution is 0.591. The standard InChI is InChI=1S/C26H28N2/c1-25(2,3)19-7-8-21-18(12-19)14-28-16-24(21)22-13-20(26(4,5)6)11-17-9-10-27-15-23(17)22/h7-16H,1-6H3. The fourth-order valence-corrected chi connectivity index (χ4v) is 3.71. The lowest BCUT2D eigenvalue weighted by atomic mass is 9.82. The number of benzene rings is 2. The monoisotopic (exact) mass is 368 g/mol. The minimum absolute atomic E-state index is 0.0730. The summed E-state index contributed by atoms with van der Waals surface area (Å²) < 4.78 is 0. The van der Waals surface area contributed by atoms with Crippen LogP contribution in [0.3, 0.4) is 0 Å². The molecule has 0 unspecified atom stereocenters.